The summed E-state index contributed by atoms with van der Waals surface area (Å²) in [6, 6.07) is 3.85. The molecule has 0 spiro atoms. The zero-order valence-corrected chi connectivity index (χ0v) is 13.4. The fraction of sp³-hybridized carbons (Fsp3) is 0.533. The van der Waals surface area contributed by atoms with Gasteiger partial charge < -0.3 is 10.2 Å². The molecule has 1 aliphatic heterocycles. The maximum absolute atomic E-state index is 12.5. The number of carbonyl (C=O) groups excluding carboxylic acids is 2. The molecule has 2 rings (SSSR count). The number of carbonyl (C=O) groups is 2. The molecule has 2 heterocycles. The van der Waals surface area contributed by atoms with Gasteiger partial charge in [-0.1, -0.05) is 18.7 Å². The lowest BCUT2D eigenvalue weighted by Crippen LogP contribution is -2.44. The average Bonchev–Trinajstić information content (AvgIpc) is 2.48. The van der Waals surface area contributed by atoms with E-state index < -0.39 is 5.25 Å². The second kappa shape index (κ2) is 6.93. The molecule has 0 radical (unpaired) electrons. The lowest BCUT2D eigenvalue weighted by molar-refractivity contribution is -0.125. The largest absolute Gasteiger partial charge is 0.354 e. The van der Waals surface area contributed by atoms with Crippen molar-refractivity contribution in [1.29, 1.82) is 0 Å². The summed E-state index contributed by atoms with van der Waals surface area (Å²) in [6.07, 6.45) is 2.79. The maximum atomic E-state index is 12.5. The Morgan fingerprint density at radius 1 is 1.52 bits per heavy atom. The van der Waals surface area contributed by atoms with E-state index in [4.69, 9.17) is 0 Å². The highest BCUT2D eigenvalue weighted by atomic mass is 32.2. The van der Waals surface area contributed by atoms with Crippen molar-refractivity contribution in [1.82, 2.24) is 10.3 Å². The maximum Gasteiger partial charge on any atom is 0.241 e. The Morgan fingerprint density at radius 2 is 2.29 bits per heavy atom. The van der Waals surface area contributed by atoms with Gasteiger partial charge in [-0.25, -0.2) is 4.98 Å². The van der Waals surface area contributed by atoms with Crippen LogP contribution in [0, 0.1) is 0 Å². The van der Waals surface area contributed by atoms with Crippen LogP contribution in [0.1, 0.15) is 33.6 Å². The van der Waals surface area contributed by atoms with Crippen molar-refractivity contribution in [3.63, 3.8) is 0 Å². The lowest BCUT2D eigenvalue weighted by Gasteiger charge is -2.32. The van der Waals surface area contributed by atoms with Crippen molar-refractivity contribution in [2.24, 2.45) is 0 Å². The number of fused-ring (bicyclic) bond motifs is 1. The second-order valence-corrected chi connectivity index (χ2v) is 6.29. The number of anilines is 1. The summed E-state index contributed by atoms with van der Waals surface area (Å²) >= 11 is 1.38. The minimum absolute atomic E-state index is 0.0118. The molecule has 1 aromatic heterocycles. The number of aromatic nitrogens is 1. The molecule has 0 unspecified atom stereocenters. The first-order chi connectivity index (χ1) is 10.1. The molecule has 0 saturated carbocycles. The average molecular weight is 307 g/mol. The molecule has 1 aliphatic rings. The van der Waals surface area contributed by atoms with Gasteiger partial charge in [-0.3, -0.25) is 9.59 Å². The third-order valence-electron chi connectivity index (χ3n) is 3.54. The summed E-state index contributed by atoms with van der Waals surface area (Å²) in [5.74, 6) is -0.0899. The molecule has 114 valence electrons. The molecule has 0 aromatic carbocycles. The predicted octanol–water partition coefficient (Wildman–Crippen LogP) is 2.21. The molecule has 2 atom stereocenters. The Bertz CT molecular complexity index is 535. The monoisotopic (exact) mass is 307 g/mol. The zero-order valence-electron chi connectivity index (χ0n) is 12.6. The van der Waals surface area contributed by atoms with Crippen LogP contribution in [-0.4, -0.2) is 34.6 Å². The van der Waals surface area contributed by atoms with Crippen LogP contribution in [0.25, 0.3) is 0 Å². The molecule has 2 amide bonds. The van der Waals surface area contributed by atoms with E-state index in [0.29, 0.717) is 6.54 Å². The summed E-state index contributed by atoms with van der Waals surface area (Å²) < 4.78 is 0. The van der Waals surface area contributed by atoms with Gasteiger partial charge in [0.05, 0.1) is 10.9 Å². The van der Waals surface area contributed by atoms with Gasteiger partial charge in [0.2, 0.25) is 11.8 Å². The molecule has 0 fully saturated rings. The van der Waals surface area contributed by atoms with Crippen molar-refractivity contribution in [2.75, 3.05) is 11.4 Å². The Kier molecular flexibility index (Phi) is 5.22. The number of rotatable bonds is 5. The number of hydrogen-bond acceptors (Lipinski definition) is 4. The van der Waals surface area contributed by atoms with Crippen molar-refractivity contribution in [3.05, 3.63) is 18.3 Å². The summed E-state index contributed by atoms with van der Waals surface area (Å²) in [7, 11) is 0. The highest BCUT2D eigenvalue weighted by molar-refractivity contribution is 8.00. The molecule has 6 heteroatoms. The van der Waals surface area contributed by atoms with Crippen LogP contribution < -0.4 is 10.2 Å². The first-order valence-corrected chi connectivity index (χ1v) is 8.17. The van der Waals surface area contributed by atoms with Crippen molar-refractivity contribution < 1.29 is 9.59 Å². The van der Waals surface area contributed by atoms with E-state index in [0.717, 1.165) is 17.1 Å². The van der Waals surface area contributed by atoms with Crippen LogP contribution in [0.3, 0.4) is 0 Å². The van der Waals surface area contributed by atoms with Crippen LogP contribution >= 0.6 is 11.8 Å². The molecule has 1 aromatic rings. The van der Waals surface area contributed by atoms with Gasteiger partial charge in [-0.05, 0) is 32.4 Å². The third kappa shape index (κ3) is 3.56. The molecule has 5 nitrogen and oxygen atoms in total. The molecule has 21 heavy (non-hydrogen) atoms. The van der Waals surface area contributed by atoms with Gasteiger partial charge in [0.1, 0.15) is 5.03 Å². The van der Waals surface area contributed by atoms with Gasteiger partial charge in [0.25, 0.3) is 0 Å². The predicted molar refractivity (Wildman–Crippen MR) is 84.4 cm³/mol. The fourth-order valence-electron chi connectivity index (χ4n) is 2.22. The van der Waals surface area contributed by atoms with Crippen LogP contribution in [0.2, 0.25) is 0 Å². The van der Waals surface area contributed by atoms with Gasteiger partial charge >= 0.3 is 0 Å². The highest BCUT2D eigenvalue weighted by Gasteiger charge is 2.34. The molecule has 1 N–H and O–H groups in total. The number of hydrogen-bond donors (Lipinski definition) is 1. The van der Waals surface area contributed by atoms with E-state index >= 15 is 0 Å². The van der Waals surface area contributed by atoms with Gasteiger partial charge in [-0.15, -0.1) is 0 Å². The Labute approximate surface area is 129 Å². The number of nitrogens with zero attached hydrogens (tertiary/aromatic N) is 2. The van der Waals surface area contributed by atoms with Crippen LogP contribution in [-0.2, 0) is 9.59 Å². The standard InChI is InChI=1S/C15H21N3O2S/c1-4-10(3)17-13(19)9-12-15(20)18(5-2)11-7-6-8-16-14(11)21-12/h6-8,10,12H,4-5,9H2,1-3H3,(H,17,19)/t10-,12+/m1/s1. The fourth-order valence-corrected chi connectivity index (χ4v) is 3.37. The number of nitrogens with one attached hydrogen (secondary N) is 1. The first-order valence-electron chi connectivity index (χ1n) is 7.29. The third-order valence-corrected chi connectivity index (χ3v) is 4.73. The topological polar surface area (TPSA) is 62.3 Å². The Morgan fingerprint density at radius 3 is 2.95 bits per heavy atom. The van der Waals surface area contributed by atoms with E-state index in [1.165, 1.54) is 11.8 Å². The smallest absolute Gasteiger partial charge is 0.241 e. The minimum atomic E-state index is -0.392. The van der Waals surface area contributed by atoms with Crippen molar-refractivity contribution in [3.8, 4) is 0 Å². The van der Waals surface area contributed by atoms with Crippen molar-refractivity contribution in [2.45, 2.75) is 49.9 Å². The number of pyridine rings is 1. The molecular formula is C15H21N3O2S. The van der Waals surface area contributed by atoms with Gasteiger partial charge in [-0.2, -0.15) is 0 Å². The SMILES string of the molecule is CC[C@@H](C)NC(=O)C[C@@H]1Sc2ncccc2N(CC)C1=O. The first kappa shape index (κ1) is 15.8. The summed E-state index contributed by atoms with van der Waals surface area (Å²) in [5.41, 5.74) is 0.841. The molecule has 0 aliphatic carbocycles. The van der Waals surface area contributed by atoms with E-state index in [9.17, 15) is 9.59 Å². The lowest BCUT2D eigenvalue weighted by atomic mass is 10.2. The van der Waals surface area contributed by atoms with Crippen LogP contribution in [0.4, 0.5) is 5.69 Å². The van der Waals surface area contributed by atoms with Gasteiger partial charge in [0.15, 0.2) is 0 Å². The highest BCUT2D eigenvalue weighted by Crippen LogP contribution is 2.38. The van der Waals surface area contributed by atoms with E-state index in [-0.39, 0.29) is 24.3 Å². The van der Waals surface area contributed by atoms with E-state index in [2.05, 4.69) is 10.3 Å². The second-order valence-electron chi connectivity index (χ2n) is 5.10. The van der Waals surface area contributed by atoms with Crippen molar-refractivity contribution >= 4 is 29.3 Å². The van der Waals surface area contributed by atoms with E-state index in [1.54, 1.807) is 11.1 Å². The molecular weight excluding hydrogens is 286 g/mol. The summed E-state index contributed by atoms with van der Waals surface area (Å²) in [5, 5.41) is 3.34. The summed E-state index contributed by atoms with van der Waals surface area (Å²) in [4.78, 5) is 30.6. The minimum Gasteiger partial charge on any atom is -0.354 e. The Hall–Kier alpha value is -1.56. The number of amides is 2. The van der Waals surface area contributed by atoms with E-state index in [1.807, 2.05) is 32.9 Å². The Balaban J connectivity index is 2.12. The zero-order chi connectivity index (χ0) is 15.4. The number of thioether (sulfide) groups is 1. The normalized spacial score (nSPS) is 19.1. The molecule has 0 saturated heterocycles. The quantitative estimate of drug-likeness (QED) is 0.906. The van der Waals surface area contributed by atoms with Crippen LogP contribution in [0.15, 0.2) is 23.4 Å². The van der Waals surface area contributed by atoms with Gasteiger partial charge in [0, 0.05) is 25.2 Å². The van der Waals surface area contributed by atoms with Crippen LogP contribution in [0.5, 0.6) is 0 Å². The summed E-state index contributed by atoms with van der Waals surface area (Å²) in [6.45, 7) is 6.50. The molecule has 0 bridgehead atoms.